The van der Waals surface area contributed by atoms with Crippen molar-refractivity contribution in [2.45, 2.75) is 17.5 Å². The van der Waals surface area contributed by atoms with E-state index in [0.29, 0.717) is 11.6 Å². The summed E-state index contributed by atoms with van der Waals surface area (Å²) in [6.07, 6.45) is -5.16. The Kier molecular flexibility index (Phi) is 5.43. The highest BCUT2D eigenvalue weighted by Gasteiger charge is 2.36. The summed E-state index contributed by atoms with van der Waals surface area (Å²) in [4.78, 5) is 12.3. The normalized spacial score (nSPS) is 12.0. The molecule has 0 aromatic heterocycles. The van der Waals surface area contributed by atoms with Crippen LogP contribution in [0, 0.1) is 5.82 Å². The molecular formula is C15H12F4N2O3S. The highest BCUT2D eigenvalue weighted by atomic mass is 32.2. The molecule has 0 spiro atoms. The maximum Gasteiger partial charge on any atom is 0.417 e. The van der Waals surface area contributed by atoms with Gasteiger partial charge in [0.2, 0.25) is 5.91 Å². The minimum Gasteiger partial charge on any atom is -0.277 e. The van der Waals surface area contributed by atoms with E-state index in [4.69, 9.17) is 0 Å². The van der Waals surface area contributed by atoms with Crippen molar-refractivity contribution in [2.75, 3.05) is 0 Å². The summed E-state index contributed by atoms with van der Waals surface area (Å²) in [5.41, 5.74) is 0.871. The van der Waals surface area contributed by atoms with Crippen molar-refractivity contribution < 1.29 is 30.8 Å². The van der Waals surface area contributed by atoms with Crippen LogP contribution in [0.2, 0.25) is 0 Å². The first-order valence-electron chi connectivity index (χ1n) is 6.81. The Bertz CT molecular complexity index is 865. The van der Waals surface area contributed by atoms with E-state index in [-0.39, 0.29) is 6.42 Å². The van der Waals surface area contributed by atoms with Crippen LogP contribution in [0.3, 0.4) is 0 Å². The molecule has 0 radical (unpaired) electrons. The van der Waals surface area contributed by atoms with E-state index >= 15 is 0 Å². The second-order valence-electron chi connectivity index (χ2n) is 4.95. The Hall–Kier alpha value is -2.46. The Morgan fingerprint density at radius 2 is 1.60 bits per heavy atom. The third-order valence-corrected chi connectivity index (χ3v) is 4.39. The predicted molar refractivity (Wildman–Crippen MR) is 80.0 cm³/mol. The number of nitrogens with one attached hydrogen (secondary N) is 2. The number of hydrogen-bond acceptors (Lipinski definition) is 3. The SMILES string of the molecule is O=C(Cc1ccc(F)cc1)NNS(=O)(=O)c1ccccc1C(F)(F)F. The lowest BCUT2D eigenvalue weighted by Gasteiger charge is -2.14. The fraction of sp³-hybridized carbons (Fsp3) is 0.133. The van der Waals surface area contributed by atoms with Gasteiger partial charge >= 0.3 is 6.18 Å². The molecular weight excluding hydrogens is 364 g/mol. The van der Waals surface area contributed by atoms with Gasteiger partial charge in [0.1, 0.15) is 5.82 Å². The van der Waals surface area contributed by atoms with Gasteiger partial charge in [0.05, 0.1) is 16.9 Å². The molecule has 0 aliphatic rings. The summed E-state index contributed by atoms with van der Waals surface area (Å²) in [7, 11) is -4.63. The first-order chi connectivity index (χ1) is 11.6. The van der Waals surface area contributed by atoms with E-state index in [2.05, 4.69) is 0 Å². The highest BCUT2D eigenvalue weighted by Crippen LogP contribution is 2.33. The van der Waals surface area contributed by atoms with Crippen LogP contribution in [0.25, 0.3) is 0 Å². The average molecular weight is 376 g/mol. The number of sulfonamides is 1. The lowest BCUT2D eigenvalue weighted by atomic mass is 10.1. The molecule has 134 valence electrons. The number of carbonyl (C=O) groups excluding carboxylic acids is 1. The molecule has 2 aromatic rings. The van der Waals surface area contributed by atoms with Crippen molar-refractivity contribution >= 4 is 15.9 Å². The molecule has 0 aliphatic carbocycles. The molecule has 1 amide bonds. The number of carbonyl (C=O) groups is 1. The molecule has 0 unspecified atom stereocenters. The van der Waals surface area contributed by atoms with Crippen LogP contribution in [0.5, 0.6) is 0 Å². The van der Waals surface area contributed by atoms with Crippen molar-refractivity contribution in [1.82, 2.24) is 10.3 Å². The Balaban J connectivity index is 2.09. The minimum atomic E-state index is -4.87. The lowest BCUT2D eigenvalue weighted by molar-refractivity contribution is -0.139. The van der Waals surface area contributed by atoms with Gasteiger partial charge in [0, 0.05) is 0 Å². The molecule has 25 heavy (non-hydrogen) atoms. The topological polar surface area (TPSA) is 75.3 Å². The zero-order chi connectivity index (χ0) is 18.7. The molecule has 5 nitrogen and oxygen atoms in total. The Labute approximate surface area is 140 Å². The van der Waals surface area contributed by atoms with Gasteiger partial charge in [-0.3, -0.25) is 10.2 Å². The number of rotatable bonds is 5. The fourth-order valence-corrected chi connectivity index (χ4v) is 3.04. The predicted octanol–water partition coefficient (Wildman–Crippen LogP) is 2.40. The van der Waals surface area contributed by atoms with Crippen molar-refractivity contribution in [1.29, 1.82) is 0 Å². The number of halogens is 4. The van der Waals surface area contributed by atoms with Gasteiger partial charge in [-0.15, -0.1) is 4.83 Å². The molecule has 2 aromatic carbocycles. The molecule has 0 fully saturated rings. The largest absolute Gasteiger partial charge is 0.417 e. The number of hydrazine groups is 1. The van der Waals surface area contributed by atoms with Gasteiger partial charge in [-0.2, -0.15) is 13.2 Å². The first kappa shape index (κ1) is 18.9. The van der Waals surface area contributed by atoms with E-state index in [1.165, 1.54) is 12.1 Å². The van der Waals surface area contributed by atoms with Crippen LogP contribution in [-0.2, 0) is 27.4 Å². The molecule has 0 aliphatic heterocycles. The molecule has 2 N–H and O–H groups in total. The van der Waals surface area contributed by atoms with Gasteiger partial charge in [0.15, 0.2) is 0 Å². The van der Waals surface area contributed by atoms with E-state index in [1.54, 1.807) is 4.83 Å². The molecule has 0 bridgehead atoms. The molecule has 0 saturated heterocycles. The standard InChI is InChI=1S/C15H12F4N2O3S/c16-11-7-5-10(6-8-11)9-14(22)20-21-25(23,24)13-4-2-1-3-12(13)15(17,18)19/h1-8,21H,9H2,(H,20,22). The maximum absolute atomic E-state index is 12.9. The van der Waals surface area contributed by atoms with Gasteiger partial charge < -0.3 is 0 Å². The van der Waals surface area contributed by atoms with Crippen molar-refractivity contribution in [3.05, 3.63) is 65.5 Å². The summed E-state index contributed by atoms with van der Waals surface area (Å²) in [5, 5.41) is 0. The molecule has 0 heterocycles. The Morgan fingerprint density at radius 3 is 2.20 bits per heavy atom. The van der Waals surface area contributed by atoms with Crippen LogP contribution in [0.4, 0.5) is 17.6 Å². The number of alkyl halides is 3. The quantitative estimate of drug-likeness (QED) is 0.622. The molecule has 0 saturated carbocycles. The number of amides is 1. The monoisotopic (exact) mass is 376 g/mol. The summed E-state index contributed by atoms with van der Waals surface area (Å²) in [6, 6.07) is 8.45. The van der Waals surface area contributed by atoms with E-state index in [0.717, 1.165) is 30.3 Å². The van der Waals surface area contributed by atoms with Crippen LogP contribution >= 0.6 is 0 Å². The zero-order valence-corrected chi connectivity index (χ0v) is 13.3. The minimum absolute atomic E-state index is 0.288. The third kappa shape index (κ3) is 5.00. The molecule has 10 heteroatoms. The van der Waals surface area contributed by atoms with Crippen molar-refractivity contribution in [2.24, 2.45) is 0 Å². The van der Waals surface area contributed by atoms with Crippen LogP contribution in [0.15, 0.2) is 53.4 Å². The summed E-state index contributed by atoms with van der Waals surface area (Å²) < 4.78 is 75.5. The van der Waals surface area contributed by atoms with Crippen LogP contribution in [0.1, 0.15) is 11.1 Å². The summed E-state index contributed by atoms with van der Waals surface area (Å²) >= 11 is 0. The zero-order valence-electron chi connectivity index (χ0n) is 12.5. The summed E-state index contributed by atoms with van der Waals surface area (Å²) in [6.45, 7) is 0. The number of hydrogen-bond donors (Lipinski definition) is 2. The van der Waals surface area contributed by atoms with Crippen molar-refractivity contribution in [3.63, 3.8) is 0 Å². The lowest BCUT2D eigenvalue weighted by Crippen LogP contribution is -2.42. The van der Waals surface area contributed by atoms with Crippen molar-refractivity contribution in [3.8, 4) is 0 Å². The number of benzene rings is 2. The van der Waals surface area contributed by atoms with E-state index in [9.17, 15) is 30.8 Å². The van der Waals surface area contributed by atoms with Gasteiger partial charge in [-0.05, 0) is 29.8 Å². The molecule has 2 rings (SSSR count). The first-order valence-corrected chi connectivity index (χ1v) is 8.29. The summed E-state index contributed by atoms with van der Waals surface area (Å²) in [5.74, 6) is -1.33. The second-order valence-corrected chi connectivity index (χ2v) is 6.60. The smallest absolute Gasteiger partial charge is 0.277 e. The maximum atomic E-state index is 12.9. The van der Waals surface area contributed by atoms with Gasteiger partial charge in [-0.25, -0.2) is 12.8 Å². The van der Waals surface area contributed by atoms with E-state index < -0.39 is 38.4 Å². The van der Waals surface area contributed by atoms with E-state index in [1.807, 2.05) is 5.43 Å². The van der Waals surface area contributed by atoms with Gasteiger partial charge in [0.25, 0.3) is 10.0 Å². The average Bonchev–Trinajstić information content (AvgIpc) is 2.54. The van der Waals surface area contributed by atoms with Crippen LogP contribution in [-0.4, -0.2) is 14.3 Å². The third-order valence-electron chi connectivity index (χ3n) is 3.08. The molecule has 0 atom stereocenters. The fourth-order valence-electron chi connectivity index (χ4n) is 1.95. The highest BCUT2D eigenvalue weighted by molar-refractivity contribution is 7.89. The van der Waals surface area contributed by atoms with Crippen LogP contribution < -0.4 is 10.3 Å². The second kappa shape index (κ2) is 7.19. The Morgan fingerprint density at radius 1 is 1.00 bits per heavy atom. The van der Waals surface area contributed by atoms with Gasteiger partial charge in [-0.1, -0.05) is 24.3 Å².